The lowest BCUT2D eigenvalue weighted by Gasteiger charge is -2.54. The van der Waals surface area contributed by atoms with Gasteiger partial charge in [0, 0.05) is 73.8 Å². The maximum atomic E-state index is 15.0. The van der Waals surface area contributed by atoms with Gasteiger partial charge in [-0.3, -0.25) is 9.11 Å². The quantitative estimate of drug-likeness (QED) is 0.324. The van der Waals surface area contributed by atoms with E-state index < -0.39 is 23.3 Å². The predicted molar refractivity (Wildman–Crippen MR) is 184 cm³/mol. The number of carbonyl (C=O) groups excluding carboxylic acids is 1. The fourth-order valence-electron chi connectivity index (χ4n) is 9.56. The van der Waals surface area contributed by atoms with Gasteiger partial charge in [-0.1, -0.05) is 18.6 Å². The minimum atomic E-state index is -2.33. The van der Waals surface area contributed by atoms with Crippen LogP contribution >= 0.6 is 0 Å². The number of alkyl carbamates (subject to hydrolysis) is 1. The second-order valence-corrected chi connectivity index (χ2v) is 16.0. The Hall–Kier alpha value is -2.64. The van der Waals surface area contributed by atoms with E-state index in [-0.39, 0.29) is 23.2 Å². The van der Waals surface area contributed by atoms with Crippen LogP contribution in [0.3, 0.4) is 0 Å². The highest BCUT2D eigenvalue weighted by molar-refractivity contribution is 7.79. The lowest BCUT2D eigenvalue weighted by atomic mass is 9.57. The number of ether oxygens (including phenoxy) is 1. The van der Waals surface area contributed by atoms with Crippen LogP contribution in [0.4, 0.5) is 19.3 Å². The maximum Gasteiger partial charge on any atom is 0.407 e. The molecule has 1 aliphatic carbocycles. The Bertz CT molecular complexity index is 1490. The highest BCUT2D eigenvalue weighted by Crippen LogP contribution is 2.51. The molecule has 0 aromatic heterocycles. The van der Waals surface area contributed by atoms with Gasteiger partial charge in [0.1, 0.15) is 12.0 Å². The number of nitrogens with zero attached hydrogens (tertiary/aromatic N) is 4. The Morgan fingerprint density at radius 1 is 0.980 bits per heavy atom. The minimum absolute atomic E-state index is 0.00859. The summed E-state index contributed by atoms with van der Waals surface area (Å²) in [6, 6.07) is 12.8. The number of nitrogens with one attached hydrogen (secondary N) is 1. The normalized spacial score (nSPS) is 26.4. The number of likely N-dealkylation sites (tertiary alicyclic amines) is 3. The second-order valence-electron chi connectivity index (χ2n) is 15.1. The van der Waals surface area contributed by atoms with Crippen molar-refractivity contribution in [2.75, 3.05) is 77.5 Å². The van der Waals surface area contributed by atoms with Crippen molar-refractivity contribution < 1.29 is 27.1 Å². The van der Waals surface area contributed by atoms with Crippen LogP contribution in [-0.4, -0.2) is 114 Å². The third-order valence-electron chi connectivity index (χ3n) is 12.1. The molecule has 7 rings (SSSR count). The van der Waals surface area contributed by atoms with Crippen molar-refractivity contribution in [3.63, 3.8) is 0 Å². The van der Waals surface area contributed by atoms with Gasteiger partial charge >= 0.3 is 6.09 Å². The van der Waals surface area contributed by atoms with Crippen LogP contribution in [0.5, 0.6) is 0 Å². The molecule has 0 radical (unpaired) electrons. The van der Waals surface area contributed by atoms with Crippen LogP contribution in [0.25, 0.3) is 0 Å². The fourth-order valence-corrected chi connectivity index (χ4v) is 10.1. The van der Waals surface area contributed by atoms with Crippen LogP contribution in [-0.2, 0) is 27.8 Å². The molecule has 1 saturated carbocycles. The molecule has 5 aliphatic rings. The minimum Gasteiger partial charge on any atom is -0.768 e. The summed E-state index contributed by atoms with van der Waals surface area (Å²) in [5.74, 6) is 0.871. The molecular weight excluding hydrogens is 649 g/mol. The molecular formula is C37H50F2N5O4S-. The summed E-state index contributed by atoms with van der Waals surface area (Å²) < 4.78 is 57.1. The van der Waals surface area contributed by atoms with Gasteiger partial charge in [0.25, 0.3) is 0 Å². The molecule has 0 spiro atoms. The Morgan fingerprint density at radius 3 is 2.41 bits per heavy atom. The number of hydrogen-bond donors (Lipinski definition) is 1. The van der Waals surface area contributed by atoms with Gasteiger partial charge in [0.05, 0.1) is 7.11 Å². The average molecular weight is 699 g/mol. The van der Waals surface area contributed by atoms with Crippen LogP contribution < -0.4 is 10.2 Å². The number of halogens is 2. The van der Waals surface area contributed by atoms with E-state index in [1.54, 1.807) is 12.1 Å². The molecule has 1 N–H and O–H groups in total. The molecule has 0 bridgehead atoms. The van der Waals surface area contributed by atoms with Crippen LogP contribution in [0, 0.1) is 23.6 Å². The zero-order valence-electron chi connectivity index (χ0n) is 28.5. The van der Waals surface area contributed by atoms with Crippen molar-refractivity contribution in [1.29, 1.82) is 0 Å². The molecule has 4 atom stereocenters. The van der Waals surface area contributed by atoms with Gasteiger partial charge in [-0.05, 0) is 123 Å². The summed E-state index contributed by atoms with van der Waals surface area (Å²) in [4.78, 5) is 22.1. The Labute approximate surface area is 291 Å². The van der Waals surface area contributed by atoms with Crippen molar-refractivity contribution >= 4 is 22.9 Å². The van der Waals surface area contributed by atoms with E-state index in [2.05, 4.69) is 26.1 Å². The lowest BCUT2D eigenvalue weighted by molar-refractivity contribution is 0.0223. The summed E-state index contributed by atoms with van der Waals surface area (Å²) in [5.41, 5.74) is 2.55. The molecule has 268 valence electrons. The third-order valence-corrected chi connectivity index (χ3v) is 12.9. The number of carbonyl (C=O) groups is 1. The highest BCUT2D eigenvalue weighted by atomic mass is 32.2. The Morgan fingerprint density at radius 2 is 1.76 bits per heavy atom. The molecule has 1 unspecified atom stereocenters. The average Bonchev–Trinajstić information content (AvgIpc) is 3.50. The fraction of sp³-hybridized carbons (Fsp3) is 0.649. The monoisotopic (exact) mass is 698 g/mol. The molecule has 49 heavy (non-hydrogen) atoms. The summed E-state index contributed by atoms with van der Waals surface area (Å²) in [7, 11) is 1.42. The van der Waals surface area contributed by atoms with Crippen LogP contribution in [0.15, 0.2) is 47.4 Å². The molecule has 5 fully saturated rings. The van der Waals surface area contributed by atoms with Gasteiger partial charge in [-0.25, -0.2) is 13.6 Å². The van der Waals surface area contributed by atoms with Crippen molar-refractivity contribution in [2.45, 2.75) is 67.6 Å². The number of alkyl halides is 1. The van der Waals surface area contributed by atoms with E-state index in [0.29, 0.717) is 36.4 Å². The number of anilines is 1. The highest BCUT2D eigenvalue weighted by Gasteiger charge is 2.53. The SMILES string of the molecule is COC(=O)N[C@H]1CCC[C@@H]1[C@](CN1CCC1)(c1cccc(F)c1)C1CCN(CC2CN(c3ccc(S(=O)[O-])c(CN4CC(F)C4)c3)C2)CC1. The number of rotatable bonds is 12. The summed E-state index contributed by atoms with van der Waals surface area (Å²) >= 11 is -2.33. The summed E-state index contributed by atoms with van der Waals surface area (Å²) in [5, 5.41) is 3.18. The van der Waals surface area contributed by atoms with Crippen LogP contribution in [0.1, 0.15) is 49.7 Å². The molecule has 2 aromatic carbocycles. The van der Waals surface area contributed by atoms with Gasteiger partial charge < -0.3 is 29.3 Å². The summed E-state index contributed by atoms with van der Waals surface area (Å²) in [6.07, 6.45) is 4.95. The van der Waals surface area contributed by atoms with Gasteiger partial charge in [0.2, 0.25) is 0 Å². The lowest BCUT2D eigenvalue weighted by Crippen LogP contribution is -2.60. The zero-order valence-corrected chi connectivity index (χ0v) is 29.4. The van der Waals surface area contributed by atoms with E-state index in [1.165, 1.54) is 19.6 Å². The van der Waals surface area contributed by atoms with Crippen molar-refractivity contribution in [3.8, 4) is 0 Å². The van der Waals surface area contributed by atoms with E-state index in [9.17, 15) is 22.3 Å². The van der Waals surface area contributed by atoms with E-state index in [4.69, 9.17) is 4.74 Å². The molecule has 1 amide bonds. The zero-order chi connectivity index (χ0) is 34.1. The Kier molecular flexibility index (Phi) is 10.6. The molecule has 4 aliphatic heterocycles. The van der Waals surface area contributed by atoms with Gasteiger partial charge in [0.15, 0.2) is 0 Å². The number of hydrogen-bond acceptors (Lipinski definition) is 8. The van der Waals surface area contributed by atoms with Crippen molar-refractivity contribution in [3.05, 3.63) is 59.4 Å². The number of piperidine rings is 1. The summed E-state index contributed by atoms with van der Waals surface area (Å²) in [6.45, 7) is 8.97. The maximum absolute atomic E-state index is 15.0. The van der Waals surface area contributed by atoms with Gasteiger partial charge in [-0.15, -0.1) is 0 Å². The van der Waals surface area contributed by atoms with Crippen molar-refractivity contribution in [1.82, 2.24) is 20.0 Å². The first kappa shape index (κ1) is 34.8. The molecule has 4 heterocycles. The molecule has 2 aromatic rings. The van der Waals surface area contributed by atoms with E-state index in [1.807, 2.05) is 23.1 Å². The first-order chi connectivity index (χ1) is 23.7. The predicted octanol–water partition coefficient (Wildman–Crippen LogP) is 4.53. The van der Waals surface area contributed by atoms with Crippen LogP contribution in [0.2, 0.25) is 0 Å². The smallest absolute Gasteiger partial charge is 0.407 e. The topological polar surface area (TPSA) is 91.4 Å². The number of benzene rings is 2. The molecule has 4 saturated heterocycles. The second kappa shape index (κ2) is 14.9. The van der Waals surface area contributed by atoms with Crippen molar-refractivity contribution in [2.24, 2.45) is 17.8 Å². The third kappa shape index (κ3) is 7.40. The molecule has 9 nitrogen and oxygen atoms in total. The number of amides is 1. The number of methoxy groups -OCH3 is 1. The van der Waals surface area contributed by atoms with E-state index in [0.717, 1.165) is 101 Å². The van der Waals surface area contributed by atoms with E-state index >= 15 is 0 Å². The Balaban J connectivity index is 1.02. The largest absolute Gasteiger partial charge is 0.768 e. The first-order valence-electron chi connectivity index (χ1n) is 18.1. The van der Waals surface area contributed by atoms with Gasteiger partial charge in [-0.2, -0.15) is 0 Å². The standard InChI is InChI=1S/C37H51F2N5O4S/c1-48-36(45)40-34-8-3-7-33(34)37(25-42-13-4-14-42,29-5-2-6-30(38)18-29)28-11-15-41(16-12-28)19-26-20-44(21-26)32-9-10-35(49(46)47)27(17-32)22-43-23-31(39)24-43/h2,5-6,9-10,17-18,26,28,31,33-34H,3-4,7-8,11-16,19-25H2,1H3,(H,40,45)(H,46,47)/p-1/t33-,34-,37-/m0/s1. The molecule has 12 heteroatoms. The first-order valence-corrected chi connectivity index (χ1v) is 19.2.